The van der Waals surface area contributed by atoms with E-state index in [0.717, 1.165) is 5.56 Å². The first-order chi connectivity index (χ1) is 5.84. The Morgan fingerprint density at radius 3 is 2.83 bits per heavy atom. The van der Waals surface area contributed by atoms with E-state index in [-0.39, 0.29) is 12.2 Å². The number of hydrogen-bond donors (Lipinski definition) is 0. The standard InChI is InChI=1S/C9H6ClNO/c10-9-3-5-6(4-11-9)8-2-1-7(5)12-8/h1-4,7-8H. The maximum Gasteiger partial charge on any atom is 0.129 e. The maximum atomic E-state index is 5.77. The van der Waals surface area contributed by atoms with Crippen molar-refractivity contribution in [1.29, 1.82) is 0 Å². The van der Waals surface area contributed by atoms with Gasteiger partial charge >= 0.3 is 0 Å². The van der Waals surface area contributed by atoms with Crippen LogP contribution in [-0.4, -0.2) is 4.98 Å². The van der Waals surface area contributed by atoms with Crippen LogP contribution in [-0.2, 0) is 4.74 Å². The molecule has 12 heavy (non-hydrogen) atoms. The fourth-order valence-electron chi connectivity index (χ4n) is 1.74. The zero-order valence-electron chi connectivity index (χ0n) is 6.20. The molecule has 2 nitrogen and oxygen atoms in total. The van der Waals surface area contributed by atoms with Crippen LogP contribution >= 0.6 is 11.6 Å². The molecular weight excluding hydrogens is 174 g/mol. The molecule has 2 aliphatic rings. The molecule has 3 heterocycles. The van der Waals surface area contributed by atoms with Gasteiger partial charge in [0.05, 0.1) is 0 Å². The Hall–Kier alpha value is -0.860. The van der Waals surface area contributed by atoms with Gasteiger partial charge in [0.2, 0.25) is 0 Å². The summed E-state index contributed by atoms with van der Waals surface area (Å²) >= 11 is 5.77. The third-order valence-electron chi connectivity index (χ3n) is 2.30. The Kier molecular flexibility index (Phi) is 1.15. The van der Waals surface area contributed by atoms with Gasteiger partial charge in [-0.3, -0.25) is 0 Å². The summed E-state index contributed by atoms with van der Waals surface area (Å²) in [7, 11) is 0. The molecule has 60 valence electrons. The SMILES string of the molecule is Clc1cc2c(cn1)C1C=CC2O1. The van der Waals surface area contributed by atoms with E-state index >= 15 is 0 Å². The highest BCUT2D eigenvalue weighted by Crippen LogP contribution is 2.45. The summed E-state index contributed by atoms with van der Waals surface area (Å²) in [5.74, 6) is 0. The molecule has 0 amide bonds. The molecule has 0 N–H and O–H groups in total. The molecule has 3 rings (SSSR count). The van der Waals surface area contributed by atoms with Crippen molar-refractivity contribution in [2.75, 3.05) is 0 Å². The van der Waals surface area contributed by atoms with E-state index in [1.54, 1.807) is 6.20 Å². The van der Waals surface area contributed by atoms with Gasteiger partial charge in [0, 0.05) is 11.8 Å². The maximum absolute atomic E-state index is 5.77. The van der Waals surface area contributed by atoms with Crippen molar-refractivity contribution in [3.63, 3.8) is 0 Å². The van der Waals surface area contributed by atoms with Crippen molar-refractivity contribution in [2.24, 2.45) is 0 Å². The Morgan fingerprint density at radius 1 is 1.25 bits per heavy atom. The van der Waals surface area contributed by atoms with Gasteiger partial charge in [-0.25, -0.2) is 4.98 Å². The van der Waals surface area contributed by atoms with Crippen molar-refractivity contribution in [1.82, 2.24) is 4.98 Å². The van der Waals surface area contributed by atoms with E-state index in [0.29, 0.717) is 5.15 Å². The number of fused-ring (bicyclic) bond motifs is 5. The highest BCUT2D eigenvalue weighted by Gasteiger charge is 2.33. The third kappa shape index (κ3) is 0.713. The lowest BCUT2D eigenvalue weighted by Gasteiger charge is -2.04. The average Bonchev–Trinajstić information content (AvgIpc) is 2.63. The first-order valence-corrected chi connectivity index (χ1v) is 4.21. The highest BCUT2D eigenvalue weighted by molar-refractivity contribution is 6.29. The van der Waals surface area contributed by atoms with E-state index in [9.17, 15) is 0 Å². The second-order valence-electron chi connectivity index (χ2n) is 3.00. The van der Waals surface area contributed by atoms with Crippen molar-refractivity contribution in [3.8, 4) is 0 Å². The summed E-state index contributed by atoms with van der Waals surface area (Å²) < 4.78 is 5.59. The molecule has 0 aliphatic carbocycles. The van der Waals surface area contributed by atoms with Crippen LogP contribution in [0, 0.1) is 0 Å². The summed E-state index contributed by atoms with van der Waals surface area (Å²) in [4.78, 5) is 4.02. The van der Waals surface area contributed by atoms with Crippen LogP contribution in [0.3, 0.4) is 0 Å². The lowest BCUT2D eigenvalue weighted by Crippen LogP contribution is -1.93. The summed E-state index contributed by atoms with van der Waals surface area (Å²) in [5, 5.41) is 0.540. The minimum absolute atomic E-state index is 0.116. The number of hydrogen-bond acceptors (Lipinski definition) is 2. The van der Waals surface area contributed by atoms with Crippen LogP contribution < -0.4 is 0 Å². The van der Waals surface area contributed by atoms with Crippen LogP contribution in [0.2, 0.25) is 5.15 Å². The lowest BCUT2D eigenvalue weighted by atomic mass is 10.00. The van der Waals surface area contributed by atoms with Crippen molar-refractivity contribution in [2.45, 2.75) is 12.2 Å². The van der Waals surface area contributed by atoms with Gasteiger partial charge in [0.15, 0.2) is 0 Å². The molecule has 1 aromatic heterocycles. The minimum Gasteiger partial charge on any atom is -0.357 e. The molecule has 2 atom stereocenters. The zero-order valence-corrected chi connectivity index (χ0v) is 6.95. The van der Waals surface area contributed by atoms with Gasteiger partial charge in [0.25, 0.3) is 0 Å². The molecule has 0 aromatic carbocycles. The lowest BCUT2D eigenvalue weighted by molar-refractivity contribution is 0.0878. The monoisotopic (exact) mass is 179 g/mol. The normalized spacial score (nSPS) is 29.4. The van der Waals surface area contributed by atoms with Crippen LogP contribution in [0.25, 0.3) is 0 Å². The average molecular weight is 180 g/mol. The molecule has 2 unspecified atom stereocenters. The fraction of sp³-hybridized carbons (Fsp3) is 0.222. The Bertz CT molecular complexity index is 375. The van der Waals surface area contributed by atoms with Gasteiger partial charge in [-0.05, 0) is 11.6 Å². The molecule has 1 aromatic rings. The van der Waals surface area contributed by atoms with E-state index in [1.165, 1.54) is 5.56 Å². The number of rotatable bonds is 0. The Morgan fingerprint density at radius 2 is 2.00 bits per heavy atom. The largest absolute Gasteiger partial charge is 0.357 e. The van der Waals surface area contributed by atoms with Crippen LogP contribution in [0.15, 0.2) is 24.4 Å². The van der Waals surface area contributed by atoms with Crippen molar-refractivity contribution < 1.29 is 4.74 Å². The number of halogens is 1. The second-order valence-corrected chi connectivity index (χ2v) is 3.39. The van der Waals surface area contributed by atoms with E-state index in [4.69, 9.17) is 16.3 Å². The van der Waals surface area contributed by atoms with Crippen LogP contribution in [0.5, 0.6) is 0 Å². The minimum atomic E-state index is 0.116. The quantitative estimate of drug-likeness (QED) is 0.451. The second kappa shape index (κ2) is 2.09. The van der Waals surface area contributed by atoms with Gasteiger partial charge in [0.1, 0.15) is 17.4 Å². The highest BCUT2D eigenvalue weighted by atomic mass is 35.5. The molecule has 0 fully saturated rings. The molecule has 0 saturated carbocycles. The van der Waals surface area contributed by atoms with Crippen molar-refractivity contribution >= 4 is 11.6 Å². The van der Waals surface area contributed by atoms with Gasteiger partial charge < -0.3 is 4.74 Å². The molecule has 0 saturated heterocycles. The molecule has 2 aliphatic heterocycles. The molecule has 2 bridgehead atoms. The first kappa shape index (κ1) is 6.63. The number of nitrogens with zero attached hydrogens (tertiary/aromatic N) is 1. The zero-order chi connectivity index (χ0) is 8.13. The Balaban J connectivity index is 2.24. The van der Waals surface area contributed by atoms with E-state index in [1.807, 2.05) is 6.07 Å². The van der Waals surface area contributed by atoms with Crippen molar-refractivity contribution in [3.05, 3.63) is 40.7 Å². The van der Waals surface area contributed by atoms with E-state index < -0.39 is 0 Å². The molecular formula is C9H6ClNO. The number of pyridine rings is 1. The summed E-state index contributed by atoms with van der Waals surface area (Å²) in [6.07, 6.45) is 6.15. The summed E-state index contributed by atoms with van der Waals surface area (Å²) in [5.41, 5.74) is 2.33. The van der Waals surface area contributed by atoms with Gasteiger partial charge in [-0.1, -0.05) is 23.8 Å². The summed E-state index contributed by atoms with van der Waals surface area (Å²) in [6, 6.07) is 1.88. The molecule has 3 heteroatoms. The third-order valence-corrected chi connectivity index (χ3v) is 2.51. The topological polar surface area (TPSA) is 22.1 Å². The predicted octanol–water partition coefficient (Wildman–Crippen LogP) is 2.42. The predicted molar refractivity (Wildman–Crippen MR) is 45.0 cm³/mol. The molecule has 0 spiro atoms. The van der Waals surface area contributed by atoms with E-state index in [2.05, 4.69) is 17.1 Å². The van der Waals surface area contributed by atoms with Crippen LogP contribution in [0.1, 0.15) is 23.3 Å². The number of ether oxygens (including phenoxy) is 1. The van der Waals surface area contributed by atoms with Gasteiger partial charge in [-0.15, -0.1) is 0 Å². The van der Waals surface area contributed by atoms with Crippen LogP contribution in [0.4, 0.5) is 0 Å². The Labute approximate surface area is 74.8 Å². The first-order valence-electron chi connectivity index (χ1n) is 3.84. The number of aromatic nitrogens is 1. The smallest absolute Gasteiger partial charge is 0.129 e. The summed E-state index contributed by atoms with van der Waals surface area (Å²) in [6.45, 7) is 0. The fourth-order valence-corrected chi connectivity index (χ4v) is 1.91. The van der Waals surface area contributed by atoms with Gasteiger partial charge in [-0.2, -0.15) is 0 Å². The molecule has 0 radical (unpaired) electrons.